The molecule has 37 heavy (non-hydrogen) atoms. The van der Waals surface area contributed by atoms with Crippen molar-refractivity contribution in [2.24, 2.45) is 0 Å². The fourth-order valence-corrected chi connectivity index (χ4v) is 5.82. The molecule has 0 radical (unpaired) electrons. The summed E-state index contributed by atoms with van der Waals surface area (Å²) in [6.45, 7) is 11.8. The lowest BCUT2D eigenvalue weighted by atomic mass is 9.92. The molecule has 4 aliphatic rings. The van der Waals surface area contributed by atoms with Crippen LogP contribution in [0.2, 0.25) is 0 Å². The van der Waals surface area contributed by atoms with E-state index in [1.54, 1.807) is 0 Å². The molecule has 6 heterocycles. The van der Waals surface area contributed by atoms with E-state index in [1.807, 2.05) is 30.2 Å². The lowest BCUT2D eigenvalue weighted by Gasteiger charge is -2.43. The predicted molar refractivity (Wildman–Crippen MR) is 138 cm³/mol. The molecule has 0 aromatic carbocycles. The average molecular weight is 502 g/mol. The van der Waals surface area contributed by atoms with E-state index in [-0.39, 0.29) is 23.6 Å². The fourth-order valence-electron chi connectivity index (χ4n) is 5.82. The Labute approximate surface area is 216 Å². The topological polar surface area (TPSA) is 107 Å². The number of fused-ring (bicyclic) bond motifs is 2. The molecular weight excluding hydrogens is 470 g/mol. The average Bonchev–Trinajstić information content (AvgIpc) is 3.32. The number of nitrogens with one attached hydrogen (secondary N) is 1. The van der Waals surface area contributed by atoms with Crippen molar-refractivity contribution in [2.75, 3.05) is 62.7 Å². The Balaban J connectivity index is 1.24. The molecule has 3 fully saturated rings. The molecule has 1 N–H and O–H groups in total. The van der Waals surface area contributed by atoms with Crippen molar-refractivity contribution in [3.05, 3.63) is 47.9 Å². The molecule has 0 spiro atoms. The molecular formula is C27H31N7O3. The number of morpholine rings is 1. The predicted octanol–water partition coefficient (Wildman–Crippen LogP) is 2.57. The highest BCUT2D eigenvalue weighted by atomic mass is 16.5. The summed E-state index contributed by atoms with van der Waals surface area (Å²) in [7, 11) is 0. The van der Waals surface area contributed by atoms with Crippen molar-refractivity contribution in [3.63, 3.8) is 0 Å². The SMILES string of the molecule is C=CC(=O)N1CC[C@H](N2CC(c3cc4c(c(C#N)n3)O[C@H](C)c3c(N5CCOCC5)ccnc3N4)C2)C1. The van der Waals surface area contributed by atoms with Crippen LogP contribution in [0.4, 0.5) is 17.2 Å². The quantitative estimate of drug-likeness (QED) is 0.633. The Kier molecular flexibility index (Phi) is 6.18. The van der Waals surface area contributed by atoms with Crippen molar-refractivity contribution in [1.82, 2.24) is 19.8 Å². The number of hydrogen-bond acceptors (Lipinski definition) is 9. The van der Waals surface area contributed by atoms with Crippen molar-refractivity contribution in [2.45, 2.75) is 31.4 Å². The number of nitriles is 1. The van der Waals surface area contributed by atoms with Crippen LogP contribution >= 0.6 is 0 Å². The zero-order valence-corrected chi connectivity index (χ0v) is 21.0. The number of ether oxygens (including phenoxy) is 2. The monoisotopic (exact) mass is 501 g/mol. The first-order valence-electron chi connectivity index (χ1n) is 12.9. The van der Waals surface area contributed by atoms with E-state index in [1.165, 1.54) is 6.08 Å². The summed E-state index contributed by atoms with van der Waals surface area (Å²) >= 11 is 0. The van der Waals surface area contributed by atoms with Gasteiger partial charge in [0.05, 0.1) is 24.5 Å². The highest BCUT2D eigenvalue weighted by Crippen LogP contribution is 2.44. The summed E-state index contributed by atoms with van der Waals surface area (Å²) < 4.78 is 11.9. The number of carbonyl (C=O) groups excluding carboxylic acids is 1. The van der Waals surface area contributed by atoms with Gasteiger partial charge in [0, 0.05) is 68.8 Å². The number of aromatic nitrogens is 2. The second kappa shape index (κ2) is 9.65. The number of nitrogens with zero attached hydrogens (tertiary/aromatic N) is 6. The molecule has 2 aromatic rings. The van der Waals surface area contributed by atoms with Crippen molar-refractivity contribution in [3.8, 4) is 11.8 Å². The number of amides is 1. The van der Waals surface area contributed by atoms with Gasteiger partial charge in [-0.15, -0.1) is 0 Å². The normalized spacial score (nSPS) is 23.6. The zero-order valence-electron chi connectivity index (χ0n) is 21.0. The molecule has 0 saturated carbocycles. The summed E-state index contributed by atoms with van der Waals surface area (Å²) in [5.41, 5.74) is 3.93. The van der Waals surface area contributed by atoms with E-state index in [2.05, 4.69) is 32.7 Å². The number of likely N-dealkylation sites (tertiary alicyclic amines) is 2. The molecule has 4 aliphatic heterocycles. The van der Waals surface area contributed by atoms with Crippen molar-refractivity contribution < 1.29 is 14.3 Å². The third kappa shape index (κ3) is 4.28. The molecule has 10 nitrogen and oxygen atoms in total. The van der Waals surface area contributed by atoms with Crippen LogP contribution in [0.5, 0.6) is 5.75 Å². The van der Waals surface area contributed by atoms with Crippen LogP contribution < -0.4 is 15.0 Å². The Morgan fingerprint density at radius 1 is 1.27 bits per heavy atom. The van der Waals surface area contributed by atoms with Gasteiger partial charge in [0.15, 0.2) is 11.4 Å². The highest BCUT2D eigenvalue weighted by Gasteiger charge is 2.39. The lowest BCUT2D eigenvalue weighted by Crippen LogP contribution is -2.52. The number of pyridine rings is 2. The summed E-state index contributed by atoms with van der Waals surface area (Å²) in [6, 6.07) is 6.63. The molecule has 192 valence electrons. The lowest BCUT2D eigenvalue weighted by molar-refractivity contribution is -0.125. The molecule has 0 unspecified atom stereocenters. The first-order chi connectivity index (χ1) is 18.1. The van der Waals surface area contributed by atoms with Crippen LogP contribution in [-0.4, -0.2) is 84.2 Å². The second-order valence-electron chi connectivity index (χ2n) is 10.0. The summed E-state index contributed by atoms with van der Waals surface area (Å²) in [6.07, 6.45) is 3.86. The molecule has 10 heteroatoms. The number of hydrogen-bond donors (Lipinski definition) is 1. The first-order valence-corrected chi connectivity index (χ1v) is 12.9. The van der Waals surface area contributed by atoms with E-state index in [0.717, 1.165) is 74.1 Å². The van der Waals surface area contributed by atoms with E-state index >= 15 is 0 Å². The minimum Gasteiger partial charge on any atom is -0.481 e. The van der Waals surface area contributed by atoms with Crippen LogP contribution in [0.1, 0.15) is 42.3 Å². The van der Waals surface area contributed by atoms with Gasteiger partial charge in [-0.25, -0.2) is 9.97 Å². The molecule has 3 saturated heterocycles. The van der Waals surface area contributed by atoms with E-state index in [0.29, 0.717) is 25.0 Å². The molecule has 0 bridgehead atoms. The summed E-state index contributed by atoms with van der Waals surface area (Å²) in [4.78, 5) is 27.9. The van der Waals surface area contributed by atoms with Gasteiger partial charge in [0.25, 0.3) is 0 Å². The molecule has 6 rings (SSSR count). The largest absolute Gasteiger partial charge is 0.481 e. The van der Waals surface area contributed by atoms with E-state index in [4.69, 9.17) is 14.5 Å². The van der Waals surface area contributed by atoms with Gasteiger partial charge in [0.1, 0.15) is 18.0 Å². The van der Waals surface area contributed by atoms with Gasteiger partial charge in [-0.05, 0) is 31.6 Å². The minimum absolute atomic E-state index is 0.00312. The Hall–Kier alpha value is -3.68. The zero-order chi connectivity index (χ0) is 25.5. The van der Waals surface area contributed by atoms with Crippen molar-refractivity contribution >= 4 is 23.1 Å². The maximum Gasteiger partial charge on any atom is 0.246 e. The van der Waals surface area contributed by atoms with E-state index in [9.17, 15) is 10.1 Å². The van der Waals surface area contributed by atoms with Crippen LogP contribution in [-0.2, 0) is 9.53 Å². The minimum atomic E-state index is -0.308. The smallest absolute Gasteiger partial charge is 0.246 e. The maximum atomic E-state index is 11.9. The van der Waals surface area contributed by atoms with Crippen LogP contribution in [0, 0.1) is 11.3 Å². The van der Waals surface area contributed by atoms with Crippen molar-refractivity contribution in [1.29, 1.82) is 5.26 Å². The van der Waals surface area contributed by atoms with Gasteiger partial charge >= 0.3 is 0 Å². The fraction of sp³-hybridized carbons (Fsp3) is 0.481. The second-order valence-corrected chi connectivity index (χ2v) is 10.0. The van der Waals surface area contributed by atoms with Crippen LogP contribution in [0.3, 0.4) is 0 Å². The third-order valence-electron chi connectivity index (χ3n) is 7.87. The Morgan fingerprint density at radius 3 is 2.84 bits per heavy atom. The van der Waals surface area contributed by atoms with Crippen LogP contribution in [0.15, 0.2) is 31.0 Å². The van der Waals surface area contributed by atoms with Gasteiger partial charge in [-0.1, -0.05) is 6.58 Å². The number of rotatable bonds is 4. The Bertz CT molecular complexity index is 1260. The van der Waals surface area contributed by atoms with Gasteiger partial charge in [0.2, 0.25) is 5.91 Å². The third-order valence-corrected chi connectivity index (χ3v) is 7.87. The highest BCUT2D eigenvalue weighted by molar-refractivity contribution is 5.87. The van der Waals surface area contributed by atoms with E-state index < -0.39 is 0 Å². The molecule has 0 aliphatic carbocycles. The molecule has 1 amide bonds. The molecule has 2 aromatic heterocycles. The maximum absolute atomic E-state index is 11.9. The first kappa shape index (κ1) is 23.7. The van der Waals surface area contributed by atoms with Gasteiger partial charge in [-0.2, -0.15) is 5.26 Å². The summed E-state index contributed by atoms with van der Waals surface area (Å²) in [5.74, 6) is 1.42. The molecule has 2 atom stereocenters. The number of anilines is 3. The van der Waals surface area contributed by atoms with Gasteiger partial charge < -0.3 is 24.6 Å². The number of carbonyl (C=O) groups is 1. The Morgan fingerprint density at radius 2 is 2.08 bits per heavy atom. The standard InChI is InChI=1S/C27H31N7O3/c1-3-24(35)33-7-5-19(16-33)34-14-18(15-34)20-12-21-26(22(13-28)30-20)37-17(2)25-23(4-6-29-27(25)31-21)32-8-10-36-11-9-32/h3-4,6,12,17-19H,1,5,7-11,14-16H2,2H3,(H,29,31)/t17-,19+/m1/s1. The van der Waals surface area contributed by atoms with Crippen LogP contribution in [0.25, 0.3) is 0 Å². The van der Waals surface area contributed by atoms with Gasteiger partial charge in [-0.3, -0.25) is 9.69 Å². The summed E-state index contributed by atoms with van der Waals surface area (Å²) in [5, 5.41) is 13.4.